The van der Waals surface area contributed by atoms with Crippen molar-refractivity contribution in [1.82, 2.24) is 14.7 Å². The van der Waals surface area contributed by atoms with Gasteiger partial charge in [-0.25, -0.2) is 0 Å². The van der Waals surface area contributed by atoms with Crippen LogP contribution in [-0.4, -0.2) is 33.0 Å². The summed E-state index contributed by atoms with van der Waals surface area (Å²) in [6, 6.07) is 0. The summed E-state index contributed by atoms with van der Waals surface area (Å²) in [6.45, 7) is 1.28. The Morgan fingerprint density at radius 1 is 1.61 bits per heavy atom. The Balaban J connectivity index is 2.95. The van der Waals surface area contributed by atoms with Crippen LogP contribution >= 0.6 is 11.6 Å². The van der Waals surface area contributed by atoms with Crippen LogP contribution in [0.1, 0.15) is 18.2 Å². The summed E-state index contributed by atoms with van der Waals surface area (Å²) in [6.07, 6.45) is -3.29. The summed E-state index contributed by atoms with van der Waals surface area (Å²) in [7, 11) is 2.79. The Morgan fingerprint density at radius 3 is 2.61 bits per heavy atom. The van der Waals surface area contributed by atoms with E-state index >= 15 is 0 Å². The lowest BCUT2D eigenvalue weighted by molar-refractivity contribution is -0.143. The zero-order valence-electron chi connectivity index (χ0n) is 10.1. The zero-order chi connectivity index (χ0) is 14.1. The van der Waals surface area contributed by atoms with Crippen LogP contribution in [0.25, 0.3) is 0 Å². The van der Waals surface area contributed by atoms with Crippen molar-refractivity contribution in [1.29, 1.82) is 0 Å². The van der Waals surface area contributed by atoms with Gasteiger partial charge in [0.2, 0.25) is 5.91 Å². The Morgan fingerprint density at radius 2 is 2.17 bits per heavy atom. The summed E-state index contributed by atoms with van der Waals surface area (Å²) in [5, 5.41) is 2.58. The second-order valence-corrected chi connectivity index (χ2v) is 4.64. The average molecular weight is 284 g/mol. The fourth-order valence-electron chi connectivity index (χ4n) is 1.53. The number of aromatic nitrogens is 2. The molecule has 0 saturated carbocycles. The molecule has 1 unspecified atom stereocenters. The van der Waals surface area contributed by atoms with Gasteiger partial charge < -0.3 is 4.90 Å². The molecular formula is C10H13ClF3N3O. The highest BCUT2D eigenvalue weighted by Gasteiger charge is 2.37. The van der Waals surface area contributed by atoms with E-state index in [2.05, 4.69) is 5.10 Å². The number of aryl methyl sites for hydroxylation is 1. The number of halogens is 4. The van der Waals surface area contributed by atoms with E-state index in [-0.39, 0.29) is 12.1 Å². The van der Waals surface area contributed by atoms with Crippen molar-refractivity contribution in [2.45, 2.75) is 25.0 Å². The molecular weight excluding hydrogens is 271 g/mol. The minimum Gasteiger partial charge on any atom is -0.340 e. The second-order valence-electron chi connectivity index (χ2n) is 3.98. The fourth-order valence-corrected chi connectivity index (χ4v) is 1.70. The van der Waals surface area contributed by atoms with Crippen LogP contribution in [0.5, 0.6) is 0 Å². The lowest BCUT2D eigenvalue weighted by Crippen LogP contribution is -2.32. The van der Waals surface area contributed by atoms with Crippen molar-refractivity contribution in [3.05, 3.63) is 17.5 Å². The lowest BCUT2D eigenvalue weighted by atomic mass is 10.2. The van der Waals surface area contributed by atoms with Crippen LogP contribution in [-0.2, 0) is 24.6 Å². The highest BCUT2D eigenvalue weighted by atomic mass is 35.5. The maximum atomic E-state index is 12.7. The second kappa shape index (κ2) is 5.17. The maximum Gasteiger partial charge on any atom is 0.435 e. The molecule has 1 atom stereocenters. The van der Waals surface area contributed by atoms with E-state index in [0.717, 1.165) is 9.58 Å². The van der Waals surface area contributed by atoms with E-state index < -0.39 is 23.2 Å². The molecule has 0 fully saturated rings. The van der Waals surface area contributed by atoms with E-state index in [1.54, 1.807) is 0 Å². The summed E-state index contributed by atoms with van der Waals surface area (Å²) in [5.74, 6) is -0.436. The highest BCUT2D eigenvalue weighted by Crippen LogP contribution is 2.31. The quantitative estimate of drug-likeness (QED) is 0.796. The number of hydrogen-bond donors (Lipinski definition) is 0. The van der Waals surface area contributed by atoms with Crippen molar-refractivity contribution < 1.29 is 18.0 Å². The molecule has 0 radical (unpaired) electrons. The van der Waals surface area contributed by atoms with E-state index in [0.29, 0.717) is 0 Å². The molecule has 0 spiro atoms. The van der Waals surface area contributed by atoms with E-state index in [9.17, 15) is 18.0 Å². The third-order valence-corrected chi connectivity index (χ3v) is 2.48. The Bertz CT molecular complexity index is 442. The molecule has 0 aliphatic heterocycles. The van der Waals surface area contributed by atoms with Gasteiger partial charge in [-0.1, -0.05) is 0 Å². The van der Waals surface area contributed by atoms with E-state index in [1.807, 2.05) is 0 Å². The van der Waals surface area contributed by atoms with Crippen LogP contribution in [0.2, 0.25) is 0 Å². The van der Waals surface area contributed by atoms with E-state index in [4.69, 9.17) is 11.6 Å². The number of amides is 1. The molecule has 0 aromatic carbocycles. The van der Waals surface area contributed by atoms with Gasteiger partial charge in [-0.15, -0.1) is 11.6 Å². The largest absolute Gasteiger partial charge is 0.435 e. The molecule has 0 N–H and O–H groups in total. The first-order valence-electron chi connectivity index (χ1n) is 5.11. The molecule has 1 amide bonds. The molecule has 0 aliphatic rings. The van der Waals surface area contributed by atoms with Gasteiger partial charge in [0.15, 0.2) is 5.69 Å². The van der Waals surface area contributed by atoms with Gasteiger partial charge in [0, 0.05) is 32.4 Å². The number of rotatable bonds is 3. The summed E-state index contributed by atoms with van der Waals surface area (Å²) < 4.78 is 39.1. The third kappa shape index (κ3) is 3.38. The fraction of sp³-hybridized carbons (Fsp3) is 0.600. The maximum absolute atomic E-state index is 12.7. The van der Waals surface area contributed by atoms with Crippen LogP contribution in [0.3, 0.4) is 0 Å². The predicted molar refractivity (Wildman–Crippen MR) is 60.0 cm³/mol. The van der Waals surface area contributed by atoms with Crippen LogP contribution < -0.4 is 0 Å². The standard InChI is InChI=1S/C10H13ClF3N3O/c1-6(11)9(18)16(2)4-7-5-17(3)15-8(7)10(12,13)14/h5-6H,4H2,1-3H3. The van der Waals surface area contributed by atoms with Crippen molar-refractivity contribution in [3.63, 3.8) is 0 Å². The topological polar surface area (TPSA) is 38.1 Å². The average Bonchev–Trinajstić information content (AvgIpc) is 2.57. The molecule has 1 aromatic rings. The number of alkyl halides is 4. The van der Waals surface area contributed by atoms with Gasteiger partial charge in [0.1, 0.15) is 5.38 Å². The van der Waals surface area contributed by atoms with Crippen molar-refractivity contribution in [2.75, 3.05) is 7.05 Å². The molecule has 0 saturated heterocycles. The highest BCUT2D eigenvalue weighted by molar-refractivity contribution is 6.30. The minimum absolute atomic E-state index is 0.0573. The Kier molecular flexibility index (Phi) is 4.26. The van der Waals surface area contributed by atoms with Crippen LogP contribution in [0, 0.1) is 0 Å². The monoisotopic (exact) mass is 283 g/mol. The number of nitrogens with zero attached hydrogens (tertiary/aromatic N) is 3. The molecule has 1 aromatic heterocycles. The summed E-state index contributed by atoms with van der Waals surface area (Å²) in [5.41, 5.74) is -1.04. The normalized spacial score (nSPS) is 13.5. The smallest absolute Gasteiger partial charge is 0.340 e. The molecule has 8 heteroatoms. The molecule has 1 heterocycles. The van der Waals surface area contributed by atoms with Gasteiger partial charge >= 0.3 is 6.18 Å². The summed E-state index contributed by atoms with van der Waals surface area (Å²) >= 11 is 5.59. The molecule has 0 aliphatic carbocycles. The molecule has 1 rings (SSSR count). The molecule has 0 bridgehead atoms. The van der Waals surface area contributed by atoms with Gasteiger partial charge in [0.25, 0.3) is 0 Å². The van der Waals surface area contributed by atoms with E-state index in [1.165, 1.54) is 27.2 Å². The van der Waals surface area contributed by atoms with Crippen LogP contribution in [0.15, 0.2) is 6.20 Å². The first-order chi connectivity index (χ1) is 8.12. The van der Waals surface area contributed by atoms with Gasteiger partial charge in [-0.3, -0.25) is 9.48 Å². The summed E-state index contributed by atoms with van der Waals surface area (Å²) in [4.78, 5) is 12.6. The SMILES string of the molecule is CC(Cl)C(=O)N(C)Cc1cn(C)nc1C(F)(F)F. The van der Waals surface area contributed by atoms with Crippen LogP contribution in [0.4, 0.5) is 13.2 Å². The van der Waals surface area contributed by atoms with Crippen molar-refractivity contribution in [3.8, 4) is 0 Å². The third-order valence-electron chi connectivity index (χ3n) is 2.30. The number of carbonyl (C=O) groups is 1. The Hall–Kier alpha value is -1.24. The minimum atomic E-state index is -4.53. The van der Waals surface area contributed by atoms with Gasteiger partial charge in [-0.05, 0) is 6.92 Å². The van der Waals surface area contributed by atoms with Crippen molar-refractivity contribution in [2.24, 2.45) is 7.05 Å². The van der Waals surface area contributed by atoms with Crippen molar-refractivity contribution >= 4 is 17.5 Å². The Labute approximate surface area is 107 Å². The van der Waals surface area contributed by atoms with Gasteiger partial charge in [0.05, 0.1) is 0 Å². The first-order valence-corrected chi connectivity index (χ1v) is 5.55. The predicted octanol–water partition coefficient (Wildman–Crippen LogP) is 2.02. The first kappa shape index (κ1) is 14.8. The lowest BCUT2D eigenvalue weighted by Gasteiger charge is -2.18. The van der Waals surface area contributed by atoms with Gasteiger partial charge in [-0.2, -0.15) is 18.3 Å². The molecule has 102 valence electrons. The number of carbonyl (C=O) groups excluding carboxylic acids is 1. The number of hydrogen-bond acceptors (Lipinski definition) is 2. The zero-order valence-corrected chi connectivity index (χ0v) is 10.9. The molecule has 18 heavy (non-hydrogen) atoms. The molecule has 4 nitrogen and oxygen atoms in total.